The molecule has 0 saturated carbocycles. The molecule has 2 aromatic rings. The van der Waals surface area contributed by atoms with Gasteiger partial charge in [0.25, 0.3) is 0 Å². The molecule has 0 aliphatic carbocycles. The lowest BCUT2D eigenvalue weighted by Crippen LogP contribution is -2.18. The van der Waals surface area contributed by atoms with E-state index in [1.807, 2.05) is 35.6 Å². The fraction of sp³-hybridized carbons (Fsp3) is 0.500. The quantitative estimate of drug-likeness (QED) is 0.839. The van der Waals surface area contributed by atoms with Gasteiger partial charge in [0.15, 0.2) is 11.5 Å². The van der Waals surface area contributed by atoms with E-state index in [-0.39, 0.29) is 0 Å². The van der Waals surface area contributed by atoms with Crippen LogP contribution < -0.4 is 10.6 Å². The van der Waals surface area contributed by atoms with Gasteiger partial charge < -0.3 is 15.0 Å². The number of nitrogens with zero attached hydrogens (tertiary/aromatic N) is 3. The number of nitrogens with one attached hydrogen (secondary N) is 2. The molecule has 0 amide bonds. The van der Waals surface area contributed by atoms with Gasteiger partial charge in [0.1, 0.15) is 5.82 Å². The molecule has 0 radical (unpaired) electrons. The predicted octanol–water partition coefficient (Wildman–Crippen LogP) is 2.32. The van der Waals surface area contributed by atoms with Crippen LogP contribution >= 0.6 is 11.8 Å². The second-order valence-corrected chi connectivity index (χ2v) is 5.20. The molecule has 1 atom stereocenters. The Labute approximate surface area is 111 Å². The summed E-state index contributed by atoms with van der Waals surface area (Å²) in [5, 5.41) is 6.49. The van der Waals surface area contributed by atoms with E-state index in [0.717, 1.165) is 29.5 Å². The molecule has 18 heavy (non-hydrogen) atoms. The zero-order valence-corrected chi connectivity index (χ0v) is 11.8. The molecular formula is C12H19N5S. The SMILES string of the molecule is CNc1cn2ccnc2c(NC(C)CCSC)n1. The number of aromatic nitrogens is 3. The number of imidazole rings is 1. The highest BCUT2D eigenvalue weighted by Gasteiger charge is 2.09. The number of rotatable bonds is 6. The van der Waals surface area contributed by atoms with Crippen LogP contribution in [0.2, 0.25) is 0 Å². The monoisotopic (exact) mass is 265 g/mol. The Morgan fingerprint density at radius 3 is 3.06 bits per heavy atom. The van der Waals surface area contributed by atoms with Gasteiger partial charge in [-0.3, -0.25) is 0 Å². The van der Waals surface area contributed by atoms with Gasteiger partial charge in [0.2, 0.25) is 0 Å². The van der Waals surface area contributed by atoms with E-state index in [0.29, 0.717) is 6.04 Å². The topological polar surface area (TPSA) is 54.2 Å². The van der Waals surface area contributed by atoms with E-state index in [4.69, 9.17) is 0 Å². The Balaban J connectivity index is 2.22. The van der Waals surface area contributed by atoms with Crippen molar-refractivity contribution in [2.24, 2.45) is 0 Å². The van der Waals surface area contributed by atoms with Gasteiger partial charge in [0.05, 0.1) is 6.20 Å². The van der Waals surface area contributed by atoms with Crippen LogP contribution in [0.1, 0.15) is 13.3 Å². The van der Waals surface area contributed by atoms with E-state index in [2.05, 4.69) is 33.8 Å². The van der Waals surface area contributed by atoms with E-state index in [9.17, 15) is 0 Å². The lowest BCUT2D eigenvalue weighted by atomic mass is 10.2. The van der Waals surface area contributed by atoms with Crippen molar-refractivity contribution in [3.63, 3.8) is 0 Å². The minimum atomic E-state index is 0.387. The predicted molar refractivity (Wildman–Crippen MR) is 78.6 cm³/mol. The van der Waals surface area contributed by atoms with Gasteiger partial charge in [-0.05, 0) is 25.4 Å². The summed E-state index contributed by atoms with van der Waals surface area (Å²) in [5.41, 5.74) is 0.866. The van der Waals surface area contributed by atoms with Crippen molar-refractivity contribution >= 4 is 29.0 Å². The number of fused-ring (bicyclic) bond motifs is 1. The Kier molecular flexibility index (Phi) is 4.30. The maximum atomic E-state index is 4.53. The second kappa shape index (κ2) is 5.95. The molecule has 0 spiro atoms. The summed E-state index contributed by atoms with van der Waals surface area (Å²) in [5.74, 6) is 2.81. The summed E-state index contributed by atoms with van der Waals surface area (Å²) >= 11 is 1.86. The van der Waals surface area contributed by atoms with Gasteiger partial charge in [0, 0.05) is 25.5 Å². The molecule has 2 heterocycles. The van der Waals surface area contributed by atoms with Crippen LogP contribution in [0.5, 0.6) is 0 Å². The van der Waals surface area contributed by atoms with Crippen molar-refractivity contribution in [2.45, 2.75) is 19.4 Å². The van der Waals surface area contributed by atoms with Crippen LogP contribution in [0.4, 0.5) is 11.6 Å². The third kappa shape index (κ3) is 2.87. The number of hydrogen-bond acceptors (Lipinski definition) is 5. The average molecular weight is 265 g/mol. The van der Waals surface area contributed by atoms with Crippen LogP contribution in [0.25, 0.3) is 5.65 Å². The summed E-state index contributed by atoms with van der Waals surface area (Å²) in [4.78, 5) is 8.86. The largest absolute Gasteiger partial charge is 0.372 e. The Bertz CT molecular complexity index is 510. The first-order valence-corrected chi connectivity index (χ1v) is 7.41. The van der Waals surface area contributed by atoms with Crippen molar-refractivity contribution < 1.29 is 0 Å². The molecule has 6 heteroatoms. The van der Waals surface area contributed by atoms with Gasteiger partial charge in [-0.25, -0.2) is 9.97 Å². The van der Waals surface area contributed by atoms with Crippen LogP contribution in [-0.2, 0) is 0 Å². The zero-order valence-electron chi connectivity index (χ0n) is 11.0. The highest BCUT2D eigenvalue weighted by atomic mass is 32.2. The van der Waals surface area contributed by atoms with Crippen LogP contribution in [0.15, 0.2) is 18.6 Å². The smallest absolute Gasteiger partial charge is 0.180 e. The van der Waals surface area contributed by atoms with Crippen LogP contribution in [0.3, 0.4) is 0 Å². The highest BCUT2D eigenvalue weighted by Crippen LogP contribution is 2.17. The first kappa shape index (κ1) is 13.0. The molecule has 0 aromatic carbocycles. The first-order valence-electron chi connectivity index (χ1n) is 6.01. The number of anilines is 2. The van der Waals surface area contributed by atoms with Gasteiger partial charge in [-0.15, -0.1) is 0 Å². The maximum absolute atomic E-state index is 4.53. The normalized spacial score (nSPS) is 12.6. The molecular weight excluding hydrogens is 246 g/mol. The molecule has 0 bridgehead atoms. The third-order valence-corrected chi connectivity index (χ3v) is 3.41. The molecule has 2 N–H and O–H groups in total. The van der Waals surface area contributed by atoms with Crippen molar-refractivity contribution in [3.05, 3.63) is 18.6 Å². The first-order chi connectivity index (χ1) is 8.74. The lowest BCUT2D eigenvalue weighted by Gasteiger charge is -2.15. The van der Waals surface area contributed by atoms with Gasteiger partial charge in [-0.2, -0.15) is 11.8 Å². The summed E-state index contributed by atoms with van der Waals surface area (Å²) < 4.78 is 1.97. The maximum Gasteiger partial charge on any atom is 0.180 e. The summed E-state index contributed by atoms with van der Waals surface area (Å²) in [6, 6.07) is 0.387. The lowest BCUT2D eigenvalue weighted by molar-refractivity contribution is 0.767. The zero-order chi connectivity index (χ0) is 13.0. The second-order valence-electron chi connectivity index (χ2n) is 4.21. The summed E-state index contributed by atoms with van der Waals surface area (Å²) in [6.45, 7) is 2.17. The van der Waals surface area contributed by atoms with E-state index in [1.165, 1.54) is 0 Å². The molecule has 0 fully saturated rings. The Hall–Kier alpha value is -1.43. The fourth-order valence-electron chi connectivity index (χ4n) is 1.75. The van der Waals surface area contributed by atoms with Crippen LogP contribution in [0, 0.1) is 0 Å². The average Bonchev–Trinajstić information content (AvgIpc) is 2.84. The molecule has 98 valence electrons. The minimum Gasteiger partial charge on any atom is -0.372 e. The molecule has 0 aliphatic rings. The number of hydrogen-bond donors (Lipinski definition) is 2. The number of thioether (sulfide) groups is 1. The molecule has 0 aliphatic heterocycles. The molecule has 5 nitrogen and oxygen atoms in total. The summed E-state index contributed by atoms with van der Waals surface area (Å²) in [6.07, 6.45) is 8.88. The highest BCUT2D eigenvalue weighted by molar-refractivity contribution is 7.98. The molecule has 0 saturated heterocycles. The third-order valence-electron chi connectivity index (χ3n) is 2.77. The Morgan fingerprint density at radius 2 is 2.33 bits per heavy atom. The fourth-order valence-corrected chi connectivity index (χ4v) is 2.34. The molecule has 1 unspecified atom stereocenters. The van der Waals surface area contributed by atoms with Crippen molar-refractivity contribution in [1.82, 2.24) is 14.4 Å². The standard InChI is InChI=1S/C12H19N5S/c1-9(4-7-18-3)15-11-12-14-5-6-17(12)8-10(13-2)16-11/h5-6,8-9,13H,4,7H2,1-3H3,(H,15,16). The van der Waals surface area contributed by atoms with Crippen molar-refractivity contribution in [3.8, 4) is 0 Å². The van der Waals surface area contributed by atoms with E-state index >= 15 is 0 Å². The van der Waals surface area contributed by atoms with Gasteiger partial charge >= 0.3 is 0 Å². The Morgan fingerprint density at radius 1 is 1.50 bits per heavy atom. The van der Waals surface area contributed by atoms with Crippen molar-refractivity contribution in [1.29, 1.82) is 0 Å². The van der Waals surface area contributed by atoms with Crippen molar-refractivity contribution in [2.75, 3.05) is 29.7 Å². The van der Waals surface area contributed by atoms with E-state index < -0.39 is 0 Å². The minimum absolute atomic E-state index is 0.387. The summed E-state index contributed by atoms with van der Waals surface area (Å²) in [7, 11) is 1.87. The van der Waals surface area contributed by atoms with Gasteiger partial charge in [-0.1, -0.05) is 0 Å². The van der Waals surface area contributed by atoms with E-state index in [1.54, 1.807) is 6.20 Å². The molecule has 2 rings (SSSR count). The van der Waals surface area contributed by atoms with Crippen LogP contribution in [-0.4, -0.2) is 39.5 Å². The molecule has 2 aromatic heterocycles.